The summed E-state index contributed by atoms with van der Waals surface area (Å²) in [6, 6.07) is 3.09. The third-order valence-corrected chi connectivity index (χ3v) is 8.19. The van der Waals surface area contributed by atoms with Gasteiger partial charge in [-0.05, 0) is 64.4 Å². The first-order valence-electron chi connectivity index (χ1n) is 11.7. The molecule has 0 unspecified atom stereocenters. The number of aromatic nitrogens is 2. The second-order valence-corrected chi connectivity index (χ2v) is 10.5. The zero-order valence-electron chi connectivity index (χ0n) is 17.8. The van der Waals surface area contributed by atoms with Crippen molar-refractivity contribution >= 4 is 33.4 Å². The Morgan fingerprint density at radius 2 is 1.63 bits per heavy atom. The molecule has 0 saturated heterocycles. The first-order chi connectivity index (χ1) is 14.6. The maximum Gasteiger partial charge on any atom is 0.261 e. The molecule has 7 heteroatoms. The number of nitrogens with one attached hydrogen (secondary N) is 2. The number of fused-ring (bicyclic) bond motifs is 1. The first kappa shape index (κ1) is 20.0. The minimum atomic E-state index is 0.0247. The van der Waals surface area contributed by atoms with Crippen LogP contribution in [0.3, 0.4) is 0 Å². The highest BCUT2D eigenvalue weighted by atomic mass is 32.1. The average Bonchev–Trinajstić information content (AvgIpc) is 3.37. The Bertz CT molecular complexity index is 931. The van der Waals surface area contributed by atoms with E-state index in [0.717, 1.165) is 59.3 Å². The summed E-state index contributed by atoms with van der Waals surface area (Å²) < 4.78 is 2.19. The Balaban J connectivity index is 1.21. The summed E-state index contributed by atoms with van der Waals surface area (Å²) in [5, 5.41) is 12.3. The van der Waals surface area contributed by atoms with Crippen molar-refractivity contribution in [2.45, 2.75) is 95.7 Å². The number of thiophene rings is 1. The summed E-state index contributed by atoms with van der Waals surface area (Å²) in [6.45, 7) is 2.05. The van der Waals surface area contributed by atoms with Gasteiger partial charge in [0.1, 0.15) is 4.83 Å². The van der Waals surface area contributed by atoms with Gasteiger partial charge in [-0.3, -0.25) is 14.3 Å². The molecule has 0 atom stereocenters. The van der Waals surface area contributed by atoms with Crippen LogP contribution in [0.2, 0.25) is 0 Å². The van der Waals surface area contributed by atoms with Crippen LogP contribution in [0, 0.1) is 12.8 Å². The summed E-state index contributed by atoms with van der Waals surface area (Å²) >= 11 is 1.58. The molecule has 3 aliphatic carbocycles. The molecule has 3 fully saturated rings. The fourth-order valence-electron chi connectivity index (χ4n) is 5.06. The van der Waals surface area contributed by atoms with Crippen LogP contribution >= 0.6 is 11.3 Å². The molecule has 2 amide bonds. The Kier molecular flexibility index (Phi) is 5.56. The van der Waals surface area contributed by atoms with E-state index in [0.29, 0.717) is 12.1 Å². The van der Waals surface area contributed by atoms with Gasteiger partial charge in [0.15, 0.2) is 0 Å². The molecule has 2 heterocycles. The van der Waals surface area contributed by atoms with Crippen LogP contribution in [-0.2, 0) is 4.79 Å². The number of carbonyl (C=O) groups excluding carboxylic acids is 2. The molecule has 2 aromatic heterocycles. The van der Waals surface area contributed by atoms with Crippen molar-refractivity contribution < 1.29 is 9.59 Å². The van der Waals surface area contributed by atoms with Crippen molar-refractivity contribution in [3.8, 4) is 0 Å². The minimum absolute atomic E-state index is 0.0247. The smallest absolute Gasteiger partial charge is 0.261 e. The number of amides is 2. The quantitative estimate of drug-likeness (QED) is 0.737. The van der Waals surface area contributed by atoms with Crippen molar-refractivity contribution in [3.63, 3.8) is 0 Å². The molecule has 162 valence electrons. The lowest BCUT2D eigenvalue weighted by Crippen LogP contribution is -2.41. The van der Waals surface area contributed by atoms with E-state index in [-0.39, 0.29) is 23.8 Å². The van der Waals surface area contributed by atoms with Crippen LogP contribution in [-0.4, -0.2) is 33.7 Å². The van der Waals surface area contributed by atoms with Crippen LogP contribution < -0.4 is 10.6 Å². The third kappa shape index (κ3) is 4.13. The van der Waals surface area contributed by atoms with Gasteiger partial charge in [-0.1, -0.05) is 19.3 Å². The van der Waals surface area contributed by atoms with Gasteiger partial charge in [-0.2, -0.15) is 5.10 Å². The van der Waals surface area contributed by atoms with E-state index >= 15 is 0 Å². The second kappa shape index (κ2) is 8.33. The van der Waals surface area contributed by atoms with Crippen LogP contribution in [0.15, 0.2) is 6.07 Å². The lowest BCUT2D eigenvalue weighted by Gasteiger charge is -2.28. The molecule has 30 heavy (non-hydrogen) atoms. The average molecular weight is 429 g/mol. The summed E-state index contributed by atoms with van der Waals surface area (Å²) in [7, 11) is 0. The SMILES string of the molecule is Cc1nn(C2CCCCC2)c2sc(C(=O)N[C@H]3CC[C@H](C(=O)NC4CC4)CC3)cc12. The highest BCUT2D eigenvalue weighted by Crippen LogP contribution is 2.35. The fraction of sp³-hybridized carbons (Fsp3) is 0.696. The van der Waals surface area contributed by atoms with Crippen molar-refractivity contribution in [2.24, 2.45) is 5.92 Å². The van der Waals surface area contributed by atoms with E-state index in [1.165, 1.54) is 32.1 Å². The second-order valence-electron chi connectivity index (χ2n) is 9.46. The number of aryl methyl sites for hydroxylation is 1. The molecular weight excluding hydrogens is 396 g/mol. The third-order valence-electron chi connectivity index (χ3n) is 7.07. The van der Waals surface area contributed by atoms with Gasteiger partial charge in [0, 0.05) is 23.4 Å². The van der Waals surface area contributed by atoms with Crippen LogP contribution in [0.1, 0.15) is 92.0 Å². The number of hydrogen-bond donors (Lipinski definition) is 2. The molecule has 0 aromatic carbocycles. The topological polar surface area (TPSA) is 76.0 Å². The monoisotopic (exact) mass is 428 g/mol. The van der Waals surface area contributed by atoms with Crippen LogP contribution in [0.5, 0.6) is 0 Å². The van der Waals surface area contributed by atoms with Crippen molar-refractivity contribution in [1.29, 1.82) is 0 Å². The number of hydrogen-bond acceptors (Lipinski definition) is 4. The molecule has 0 radical (unpaired) electrons. The Morgan fingerprint density at radius 3 is 2.33 bits per heavy atom. The Labute approximate surface area is 181 Å². The van der Waals surface area contributed by atoms with Crippen molar-refractivity contribution in [3.05, 3.63) is 16.6 Å². The van der Waals surface area contributed by atoms with E-state index in [9.17, 15) is 9.59 Å². The van der Waals surface area contributed by atoms with Gasteiger partial charge in [-0.25, -0.2) is 0 Å². The largest absolute Gasteiger partial charge is 0.353 e. The Morgan fingerprint density at radius 1 is 0.967 bits per heavy atom. The molecule has 0 spiro atoms. The lowest BCUT2D eigenvalue weighted by atomic mass is 9.85. The highest BCUT2D eigenvalue weighted by Gasteiger charge is 2.31. The molecule has 2 aromatic rings. The zero-order chi connectivity index (χ0) is 20.7. The van der Waals surface area contributed by atoms with Crippen molar-refractivity contribution in [1.82, 2.24) is 20.4 Å². The molecule has 3 aliphatic rings. The molecule has 5 rings (SSSR count). The zero-order valence-corrected chi connectivity index (χ0v) is 18.6. The number of rotatable bonds is 5. The van der Waals surface area contributed by atoms with Gasteiger partial charge in [0.05, 0.1) is 16.6 Å². The minimum Gasteiger partial charge on any atom is -0.353 e. The number of nitrogens with zero attached hydrogens (tertiary/aromatic N) is 2. The van der Waals surface area contributed by atoms with E-state index in [1.54, 1.807) is 11.3 Å². The fourth-order valence-corrected chi connectivity index (χ4v) is 6.20. The molecule has 0 aliphatic heterocycles. The standard InChI is InChI=1S/C23H32N4O2S/c1-14-19-13-20(30-23(19)27(26-14)18-5-3-2-4-6-18)22(29)25-16-9-7-15(8-10-16)21(28)24-17-11-12-17/h13,15-18H,2-12H2,1H3,(H,24,28)(H,25,29)/t15-,16-. The maximum absolute atomic E-state index is 12.9. The van der Waals surface area contributed by atoms with Gasteiger partial charge in [-0.15, -0.1) is 11.3 Å². The van der Waals surface area contributed by atoms with Gasteiger partial charge >= 0.3 is 0 Å². The summed E-state index contributed by atoms with van der Waals surface area (Å²) in [5.74, 6) is 0.360. The van der Waals surface area contributed by atoms with Gasteiger partial charge < -0.3 is 10.6 Å². The lowest BCUT2D eigenvalue weighted by molar-refractivity contribution is -0.126. The molecule has 0 bridgehead atoms. The first-order valence-corrected chi connectivity index (χ1v) is 12.5. The predicted octanol–water partition coefficient (Wildman–Crippen LogP) is 4.48. The van der Waals surface area contributed by atoms with E-state index < -0.39 is 0 Å². The normalized spacial score (nSPS) is 25.4. The predicted molar refractivity (Wildman–Crippen MR) is 119 cm³/mol. The van der Waals surface area contributed by atoms with E-state index in [1.807, 2.05) is 13.0 Å². The van der Waals surface area contributed by atoms with Gasteiger partial charge in [0.2, 0.25) is 5.91 Å². The summed E-state index contributed by atoms with van der Waals surface area (Å²) in [4.78, 5) is 27.1. The Hall–Kier alpha value is -1.89. The highest BCUT2D eigenvalue weighted by molar-refractivity contribution is 7.20. The van der Waals surface area contributed by atoms with Crippen LogP contribution in [0.25, 0.3) is 10.2 Å². The number of carbonyl (C=O) groups is 2. The van der Waals surface area contributed by atoms with Gasteiger partial charge in [0.25, 0.3) is 5.91 Å². The molecular formula is C23H32N4O2S. The molecule has 2 N–H and O–H groups in total. The van der Waals surface area contributed by atoms with Crippen molar-refractivity contribution in [2.75, 3.05) is 0 Å². The summed E-state index contributed by atoms with van der Waals surface area (Å²) in [6.07, 6.45) is 12.0. The van der Waals surface area contributed by atoms with Crippen LogP contribution in [0.4, 0.5) is 0 Å². The maximum atomic E-state index is 12.9. The van der Waals surface area contributed by atoms with E-state index in [4.69, 9.17) is 5.10 Å². The molecule has 6 nitrogen and oxygen atoms in total. The summed E-state index contributed by atoms with van der Waals surface area (Å²) in [5.41, 5.74) is 1.02. The van der Waals surface area contributed by atoms with E-state index in [2.05, 4.69) is 15.3 Å². The molecule has 3 saturated carbocycles.